The summed E-state index contributed by atoms with van der Waals surface area (Å²) < 4.78 is 12.9. The van der Waals surface area contributed by atoms with E-state index in [2.05, 4.69) is 4.90 Å². The van der Waals surface area contributed by atoms with E-state index in [1.807, 2.05) is 12.1 Å². The highest BCUT2D eigenvalue weighted by Crippen LogP contribution is 2.34. The summed E-state index contributed by atoms with van der Waals surface area (Å²) in [5.41, 5.74) is 7.34. The van der Waals surface area contributed by atoms with Gasteiger partial charge in [0.05, 0.1) is 0 Å². The fourth-order valence-corrected chi connectivity index (χ4v) is 3.58. The summed E-state index contributed by atoms with van der Waals surface area (Å²) in [5.74, 6) is -0.153. The molecule has 2 aliphatic rings. The molecule has 0 aromatic heterocycles. The van der Waals surface area contributed by atoms with E-state index in [4.69, 9.17) is 5.73 Å². The van der Waals surface area contributed by atoms with Crippen LogP contribution in [-0.4, -0.2) is 23.0 Å². The van der Waals surface area contributed by atoms with E-state index in [0.29, 0.717) is 18.1 Å². The Morgan fingerprint density at radius 3 is 2.33 bits per heavy atom. The van der Waals surface area contributed by atoms with E-state index in [1.165, 1.54) is 24.8 Å². The number of nitrogens with two attached hydrogens (primary N) is 1. The Balaban J connectivity index is 1.73. The molecule has 2 heterocycles. The summed E-state index contributed by atoms with van der Waals surface area (Å²) in [6.45, 7) is 0.947. The van der Waals surface area contributed by atoms with Crippen LogP contribution in [0.15, 0.2) is 24.3 Å². The standard InChI is InChI=1S/C15H21FN2/c16-12-6-4-11(5-7-12)10-18-14-2-1-3-15(18)9-13(17)8-14/h4-7,13-15H,1-3,8-10,17H2/t13?,14-,15+. The normalized spacial score (nSPS) is 32.4. The smallest absolute Gasteiger partial charge is 0.123 e. The Morgan fingerprint density at radius 2 is 1.72 bits per heavy atom. The Bertz CT molecular complexity index is 389. The van der Waals surface area contributed by atoms with Gasteiger partial charge in [-0.25, -0.2) is 4.39 Å². The lowest BCUT2D eigenvalue weighted by Gasteiger charge is -2.48. The molecule has 0 aliphatic carbocycles. The van der Waals surface area contributed by atoms with E-state index in [0.717, 1.165) is 19.4 Å². The van der Waals surface area contributed by atoms with Gasteiger partial charge >= 0.3 is 0 Å². The van der Waals surface area contributed by atoms with Crippen molar-refractivity contribution in [3.8, 4) is 0 Å². The summed E-state index contributed by atoms with van der Waals surface area (Å²) in [5, 5.41) is 0. The number of piperidine rings is 2. The van der Waals surface area contributed by atoms with Gasteiger partial charge in [0.1, 0.15) is 5.82 Å². The Morgan fingerprint density at radius 1 is 1.11 bits per heavy atom. The molecule has 0 spiro atoms. The van der Waals surface area contributed by atoms with Crippen LogP contribution >= 0.6 is 0 Å². The Labute approximate surface area is 108 Å². The molecule has 3 heteroatoms. The van der Waals surface area contributed by atoms with Crippen molar-refractivity contribution < 1.29 is 4.39 Å². The zero-order chi connectivity index (χ0) is 12.5. The highest BCUT2D eigenvalue weighted by atomic mass is 19.1. The number of benzene rings is 1. The largest absolute Gasteiger partial charge is 0.328 e. The minimum absolute atomic E-state index is 0.153. The molecule has 2 fully saturated rings. The SMILES string of the molecule is NC1C[C@H]2CCC[C@@H](C1)N2Cc1ccc(F)cc1. The van der Waals surface area contributed by atoms with Crippen LogP contribution in [-0.2, 0) is 6.54 Å². The molecule has 1 aromatic carbocycles. The van der Waals surface area contributed by atoms with Crippen LogP contribution in [0.25, 0.3) is 0 Å². The fourth-order valence-electron chi connectivity index (χ4n) is 3.58. The maximum Gasteiger partial charge on any atom is 0.123 e. The Kier molecular flexibility index (Phi) is 3.35. The highest BCUT2D eigenvalue weighted by molar-refractivity contribution is 5.16. The maximum absolute atomic E-state index is 12.9. The summed E-state index contributed by atoms with van der Waals surface area (Å²) >= 11 is 0. The van der Waals surface area contributed by atoms with Crippen molar-refractivity contribution in [3.63, 3.8) is 0 Å². The molecule has 3 rings (SSSR count). The van der Waals surface area contributed by atoms with Crippen molar-refractivity contribution >= 4 is 0 Å². The molecule has 3 atom stereocenters. The third-order valence-electron chi connectivity index (χ3n) is 4.44. The second kappa shape index (κ2) is 4.98. The van der Waals surface area contributed by atoms with Gasteiger partial charge in [0, 0.05) is 24.7 Å². The molecule has 0 saturated carbocycles. The maximum atomic E-state index is 12.9. The average molecular weight is 248 g/mol. The molecule has 0 amide bonds. The summed E-state index contributed by atoms with van der Waals surface area (Å²) in [7, 11) is 0. The van der Waals surface area contributed by atoms with Crippen molar-refractivity contribution in [3.05, 3.63) is 35.6 Å². The number of rotatable bonds is 2. The zero-order valence-corrected chi connectivity index (χ0v) is 10.7. The molecule has 1 unspecified atom stereocenters. The predicted molar refractivity (Wildman–Crippen MR) is 70.6 cm³/mol. The molecular formula is C15H21FN2. The van der Waals surface area contributed by atoms with Gasteiger partial charge in [0.25, 0.3) is 0 Å². The van der Waals surface area contributed by atoms with Crippen molar-refractivity contribution in [2.24, 2.45) is 5.73 Å². The molecule has 0 radical (unpaired) electrons. The number of hydrogen-bond acceptors (Lipinski definition) is 2. The molecule has 1 aromatic rings. The lowest BCUT2D eigenvalue weighted by molar-refractivity contribution is 0.0245. The lowest BCUT2D eigenvalue weighted by atomic mass is 9.82. The minimum Gasteiger partial charge on any atom is -0.328 e. The van der Waals surface area contributed by atoms with Crippen molar-refractivity contribution in [2.75, 3.05) is 0 Å². The van der Waals surface area contributed by atoms with Crippen molar-refractivity contribution in [1.82, 2.24) is 4.90 Å². The first-order valence-corrected chi connectivity index (χ1v) is 6.98. The predicted octanol–water partition coefficient (Wildman–Crippen LogP) is 2.67. The molecular weight excluding hydrogens is 227 g/mol. The van der Waals surface area contributed by atoms with Crippen molar-refractivity contribution in [1.29, 1.82) is 0 Å². The van der Waals surface area contributed by atoms with Gasteiger partial charge in [0.15, 0.2) is 0 Å². The topological polar surface area (TPSA) is 29.3 Å². The van der Waals surface area contributed by atoms with E-state index in [-0.39, 0.29) is 5.82 Å². The number of nitrogens with zero attached hydrogens (tertiary/aromatic N) is 1. The van der Waals surface area contributed by atoms with E-state index < -0.39 is 0 Å². The van der Waals surface area contributed by atoms with E-state index in [9.17, 15) is 4.39 Å². The van der Waals surface area contributed by atoms with E-state index in [1.54, 1.807) is 12.1 Å². The number of hydrogen-bond donors (Lipinski definition) is 1. The quantitative estimate of drug-likeness (QED) is 0.872. The van der Waals surface area contributed by atoms with Gasteiger partial charge in [-0.3, -0.25) is 4.90 Å². The van der Waals surface area contributed by atoms with Crippen LogP contribution in [0.2, 0.25) is 0 Å². The van der Waals surface area contributed by atoms with Crippen LogP contribution in [0.4, 0.5) is 4.39 Å². The monoisotopic (exact) mass is 248 g/mol. The minimum atomic E-state index is -0.153. The molecule has 2 nitrogen and oxygen atoms in total. The molecule has 98 valence electrons. The Hall–Kier alpha value is -0.930. The van der Waals surface area contributed by atoms with E-state index >= 15 is 0 Å². The first-order valence-electron chi connectivity index (χ1n) is 6.98. The van der Waals surface area contributed by atoms with Crippen molar-refractivity contribution in [2.45, 2.75) is 56.8 Å². The molecule has 2 N–H and O–H groups in total. The zero-order valence-electron chi connectivity index (χ0n) is 10.7. The number of halogens is 1. The molecule has 2 bridgehead atoms. The summed E-state index contributed by atoms with van der Waals surface area (Å²) in [6.07, 6.45) is 6.12. The van der Waals surface area contributed by atoms with Crippen LogP contribution < -0.4 is 5.73 Å². The van der Waals surface area contributed by atoms with Crippen LogP contribution in [0.3, 0.4) is 0 Å². The van der Waals surface area contributed by atoms with Gasteiger partial charge < -0.3 is 5.73 Å². The van der Waals surface area contributed by atoms with Gasteiger partial charge in [-0.05, 0) is 43.4 Å². The van der Waals surface area contributed by atoms with Gasteiger partial charge in [-0.15, -0.1) is 0 Å². The summed E-state index contributed by atoms with van der Waals surface area (Å²) in [4.78, 5) is 2.60. The lowest BCUT2D eigenvalue weighted by Crippen LogP contribution is -2.54. The fraction of sp³-hybridized carbons (Fsp3) is 0.600. The molecule has 2 saturated heterocycles. The summed E-state index contributed by atoms with van der Waals surface area (Å²) in [6, 6.07) is 8.57. The van der Waals surface area contributed by atoms with Gasteiger partial charge in [0.2, 0.25) is 0 Å². The second-order valence-electron chi connectivity index (χ2n) is 5.77. The third-order valence-corrected chi connectivity index (χ3v) is 4.44. The highest BCUT2D eigenvalue weighted by Gasteiger charge is 2.36. The molecule has 18 heavy (non-hydrogen) atoms. The van der Waals surface area contributed by atoms with Gasteiger partial charge in [-0.1, -0.05) is 18.6 Å². The third kappa shape index (κ3) is 2.43. The average Bonchev–Trinajstić information content (AvgIpc) is 2.33. The first kappa shape index (κ1) is 12.1. The van der Waals surface area contributed by atoms with Crippen LogP contribution in [0.5, 0.6) is 0 Å². The molecule has 2 aliphatic heterocycles. The first-order chi connectivity index (χ1) is 8.72. The number of fused-ring (bicyclic) bond motifs is 2. The van der Waals surface area contributed by atoms with Crippen LogP contribution in [0.1, 0.15) is 37.7 Å². The van der Waals surface area contributed by atoms with Crippen LogP contribution in [0, 0.1) is 5.82 Å². The second-order valence-corrected chi connectivity index (χ2v) is 5.77. The van der Waals surface area contributed by atoms with Gasteiger partial charge in [-0.2, -0.15) is 0 Å².